The van der Waals surface area contributed by atoms with Crippen LogP contribution in [0.2, 0.25) is 5.02 Å². The highest BCUT2D eigenvalue weighted by atomic mass is 35.5. The molecule has 31 heavy (non-hydrogen) atoms. The number of ether oxygens (including phenoxy) is 1. The monoisotopic (exact) mass is 477 g/mol. The van der Waals surface area contributed by atoms with Crippen LogP contribution in [0, 0.1) is 10.9 Å². The normalized spacial score (nSPS) is 11.0. The number of rotatable bonds is 10. The van der Waals surface area contributed by atoms with Gasteiger partial charge < -0.3 is 10.1 Å². The Morgan fingerprint density at radius 3 is 2.94 bits per heavy atom. The molecule has 0 aliphatic carbocycles. The smallest absolute Gasteiger partial charge is 0.307 e. The number of nitrogens with one attached hydrogen (secondary N) is 1. The van der Waals surface area contributed by atoms with Crippen LogP contribution < -0.4 is 5.32 Å². The number of hydrogen-bond acceptors (Lipinski definition) is 8. The zero-order valence-corrected chi connectivity index (χ0v) is 19.8. The molecule has 2 heterocycles. The Labute approximate surface area is 195 Å². The Balaban J connectivity index is 1.72. The number of hydrogen-bond donors (Lipinski definition) is 1. The van der Waals surface area contributed by atoms with E-state index in [0.29, 0.717) is 46.9 Å². The number of carbonyl (C=O) groups is 1. The van der Waals surface area contributed by atoms with E-state index in [2.05, 4.69) is 20.3 Å². The fraction of sp³-hybridized carbons (Fsp3) is 0.333. The third kappa shape index (κ3) is 7.10. The van der Waals surface area contributed by atoms with Gasteiger partial charge in [-0.05, 0) is 55.4 Å². The highest BCUT2D eigenvalue weighted by Crippen LogP contribution is 2.25. The van der Waals surface area contributed by atoms with Crippen molar-refractivity contribution in [2.45, 2.75) is 33.5 Å². The second-order valence-corrected chi connectivity index (χ2v) is 8.90. The number of aromatic nitrogens is 3. The molecule has 1 N–H and O–H groups in total. The summed E-state index contributed by atoms with van der Waals surface area (Å²) in [7, 11) is 0. The van der Waals surface area contributed by atoms with Crippen LogP contribution in [0.1, 0.15) is 24.5 Å². The molecule has 0 fully saturated rings. The van der Waals surface area contributed by atoms with Gasteiger partial charge in [0.1, 0.15) is 0 Å². The zero-order chi connectivity index (χ0) is 22.2. The van der Waals surface area contributed by atoms with Gasteiger partial charge in [0.15, 0.2) is 3.95 Å². The molecular weight excluding hydrogens is 454 g/mol. The Morgan fingerprint density at radius 1 is 1.39 bits per heavy atom. The number of halogens is 1. The van der Waals surface area contributed by atoms with Crippen LogP contribution in [-0.4, -0.2) is 38.8 Å². The largest absolute Gasteiger partial charge is 0.466 e. The Hall–Kier alpha value is -2.33. The summed E-state index contributed by atoms with van der Waals surface area (Å²) in [6.07, 6.45) is 3.84. The molecule has 7 nitrogen and oxygen atoms in total. The summed E-state index contributed by atoms with van der Waals surface area (Å²) in [6.45, 7) is 5.70. The van der Waals surface area contributed by atoms with Crippen molar-refractivity contribution in [1.29, 1.82) is 0 Å². The van der Waals surface area contributed by atoms with Crippen molar-refractivity contribution in [2.24, 2.45) is 0 Å². The average Bonchev–Trinajstić information content (AvgIpc) is 3.08. The third-order valence-electron chi connectivity index (χ3n) is 4.43. The van der Waals surface area contributed by atoms with Gasteiger partial charge in [-0.1, -0.05) is 35.1 Å². The van der Waals surface area contributed by atoms with Crippen molar-refractivity contribution in [1.82, 2.24) is 19.7 Å². The van der Waals surface area contributed by atoms with E-state index in [1.54, 1.807) is 17.8 Å². The van der Waals surface area contributed by atoms with Crippen LogP contribution >= 0.6 is 35.2 Å². The van der Waals surface area contributed by atoms with E-state index in [0.717, 1.165) is 16.8 Å². The van der Waals surface area contributed by atoms with Crippen molar-refractivity contribution in [3.63, 3.8) is 0 Å². The van der Waals surface area contributed by atoms with Crippen molar-refractivity contribution in [3.8, 4) is 0 Å². The summed E-state index contributed by atoms with van der Waals surface area (Å²) >= 11 is 13.1. The lowest BCUT2D eigenvalue weighted by Crippen LogP contribution is -2.29. The van der Waals surface area contributed by atoms with Crippen LogP contribution in [0.5, 0.6) is 0 Å². The fourth-order valence-corrected chi connectivity index (χ4v) is 4.06. The van der Waals surface area contributed by atoms with Crippen molar-refractivity contribution >= 4 is 51.9 Å². The van der Waals surface area contributed by atoms with Crippen LogP contribution in [-0.2, 0) is 22.7 Å². The fourth-order valence-electron chi connectivity index (χ4n) is 2.86. The summed E-state index contributed by atoms with van der Waals surface area (Å²) in [5, 5.41) is 9.23. The second kappa shape index (κ2) is 11.3. The van der Waals surface area contributed by atoms with E-state index in [1.807, 2.05) is 43.5 Å². The zero-order valence-electron chi connectivity index (χ0n) is 17.4. The van der Waals surface area contributed by atoms with Crippen molar-refractivity contribution < 1.29 is 9.53 Å². The first kappa shape index (κ1) is 23.3. The highest BCUT2D eigenvalue weighted by molar-refractivity contribution is 7.73. The van der Waals surface area contributed by atoms with Crippen LogP contribution in [0.15, 0.2) is 42.7 Å². The van der Waals surface area contributed by atoms with E-state index in [1.165, 1.54) is 11.3 Å². The molecule has 164 valence electrons. The van der Waals surface area contributed by atoms with Gasteiger partial charge in [-0.15, -0.1) is 5.10 Å². The Morgan fingerprint density at radius 2 is 2.23 bits per heavy atom. The van der Waals surface area contributed by atoms with Gasteiger partial charge in [-0.25, -0.2) is 4.68 Å². The van der Waals surface area contributed by atoms with E-state index in [4.69, 9.17) is 28.6 Å². The lowest BCUT2D eigenvalue weighted by atomic mass is 10.2. The van der Waals surface area contributed by atoms with Gasteiger partial charge >= 0.3 is 5.97 Å². The minimum atomic E-state index is -0.223. The number of pyridine rings is 1. The van der Waals surface area contributed by atoms with Gasteiger partial charge in [-0.3, -0.25) is 14.7 Å². The maximum absolute atomic E-state index is 11.9. The Bertz CT molecular complexity index is 1070. The summed E-state index contributed by atoms with van der Waals surface area (Å²) in [6, 6.07) is 9.65. The molecule has 1 aromatic carbocycles. The van der Waals surface area contributed by atoms with Crippen molar-refractivity contribution in [3.05, 3.63) is 62.8 Å². The number of carbonyl (C=O) groups excluding carboxylic acids is 1. The lowest BCUT2D eigenvalue weighted by molar-refractivity contribution is -0.143. The molecule has 0 saturated carbocycles. The number of esters is 1. The first-order valence-corrected chi connectivity index (χ1v) is 11.4. The van der Waals surface area contributed by atoms with Gasteiger partial charge in [0.25, 0.3) is 0 Å². The minimum absolute atomic E-state index is 0.223. The molecule has 0 atom stereocenters. The summed E-state index contributed by atoms with van der Waals surface area (Å²) in [4.78, 5) is 18.1. The maximum Gasteiger partial charge on any atom is 0.307 e. The van der Waals surface area contributed by atoms with Gasteiger partial charge in [-0.2, -0.15) is 0 Å². The van der Waals surface area contributed by atoms with Crippen LogP contribution in [0.25, 0.3) is 0 Å². The van der Waals surface area contributed by atoms with E-state index >= 15 is 0 Å². The number of aryl methyl sites for hydroxylation is 1. The second-order valence-electron chi connectivity index (χ2n) is 6.87. The quantitative estimate of drug-likeness (QED) is 0.318. The molecule has 3 aromatic rings. The number of anilines is 2. The molecule has 0 aliphatic heterocycles. The van der Waals surface area contributed by atoms with Gasteiger partial charge in [0.05, 0.1) is 19.7 Å². The summed E-state index contributed by atoms with van der Waals surface area (Å²) in [5.74, 6) is -0.223. The molecule has 2 aromatic heterocycles. The first-order valence-electron chi connectivity index (χ1n) is 9.82. The maximum atomic E-state index is 11.9. The topological polar surface area (TPSA) is 72.3 Å². The number of benzene rings is 1. The lowest BCUT2D eigenvalue weighted by Gasteiger charge is -2.21. The molecule has 10 heteroatoms. The number of nitrogens with zero attached hydrogens (tertiary/aromatic N) is 4. The molecule has 0 unspecified atom stereocenters. The van der Waals surface area contributed by atoms with Crippen LogP contribution in [0.3, 0.4) is 0 Å². The molecular formula is C21H24ClN5O2S2. The average molecular weight is 478 g/mol. The molecule has 0 spiro atoms. The van der Waals surface area contributed by atoms with E-state index in [9.17, 15) is 4.79 Å². The van der Waals surface area contributed by atoms with Crippen molar-refractivity contribution in [2.75, 3.05) is 18.5 Å². The summed E-state index contributed by atoms with van der Waals surface area (Å²) < 4.78 is 7.45. The molecule has 3 rings (SSSR count). The Kier molecular flexibility index (Phi) is 8.53. The molecule has 0 amide bonds. The molecule has 0 saturated heterocycles. The third-order valence-corrected chi connectivity index (χ3v) is 6.06. The van der Waals surface area contributed by atoms with E-state index < -0.39 is 0 Å². The van der Waals surface area contributed by atoms with Gasteiger partial charge in [0, 0.05) is 36.2 Å². The SMILES string of the molecule is CCOC(=O)CCN(Cc1cccnc1)Cn1nc(Nc2ccc(C)c(Cl)c2)sc1=S. The molecule has 0 aliphatic rings. The predicted octanol–water partition coefficient (Wildman–Crippen LogP) is 5.19. The van der Waals surface area contributed by atoms with E-state index in [-0.39, 0.29) is 5.97 Å². The minimum Gasteiger partial charge on any atom is -0.466 e. The summed E-state index contributed by atoms with van der Waals surface area (Å²) in [5.41, 5.74) is 2.90. The standard InChI is InChI=1S/C21H24ClN5O2S2/c1-3-29-19(28)8-10-26(13-16-5-4-9-23-12-16)14-27-21(30)31-20(25-27)24-17-7-6-15(2)18(22)11-17/h4-7,9,11-12H,3,8,10,13-14H2,1-2H3,(H,24,25). The van der Waals surface area contributed by atoms with Crippen LogP contribution in [0.4, 0.5) is 10.8 Å². The molecule has 0 radical (unpaired) electrons. The predicted molar refractivity (Wildman–Crippen MR) is 126 cm³/mol. The first-order chi connectivity index (χ1) is 14.9. The highest BCUT2D eigenvalue weighted by Gasteiger charge is 2.13. The van der Waals surface area contributed by atoms with Gasteiger partial charge in [0.2, 0.25) is 5.13 Å². The molecule has 0 bridgehead atoms.